The Morgan fingerprint density at radius 2 is 2.11 bits per heavy atom. The molecule has 0 aromatic rings. The third kappa shape index (κ3) is 4.55. The quantitative estimate of drug-likeness (QED) is 0.781. The Labute approximate surface area is 115 Å². The average molecular weight is 261 g/mol. The lowest BCUT2D eigenvalue weighted by atomic mass is 9.91. The fourth-order valence-electron chi connectivity index (χ4n) is 2.60. The molecule has 1 saturated carbocycles. The Morgan fingerprint density at radius 3 is 2.89 bits per heavy atom. The van der Waals surface area contributed by atoms with E-state index >= 15 is 0 Å². The van der Waals surface area contributed by atoms with E-state index in [2.05, 4.69) is 24.0 Å². The molecule has 0 spiro atoms. The van der Waals surface area contributed by atoms with Gasteiger partial charge in [-0.25, -0.2) is 0 Å². The first kappa shape index (κ1) is 13.8. The van der Waals surface area contributed by atoms with Gasteiger partial charge in [0, 0.05) is 16.2 Å². The SMILES string of the molecule is NCC#CC1=CC(SCC2CCCCC2)=CCC1. The first-order valence-electron chi connectivity index (χ1n) is 7.11. The van der Waals surface area contributed by atoms with Crippen molar-refractivity contribution in [2.75, 3.05) is 12.3 Å². The smallest absolute Gasteiger partial charge is 0.0555 e. The highest BCUT2D eigenvalue weighted by atomic mass is 32.2. The second-order valence-corrected chi connectivity index (χ2v) is 6.23. The maximum atomic E-state index is 5.42. The molecule has 2 rings (SSSR count). The largest absolute Gasteiger partial charge is 0.320 e. The fraction of sp³-hybridized carbons (Fsp3) is 0.625. The maximum Gasteiger partial charge on any atom is 0.0555 e. The zero-order valence-electron chi connectivity index (χ0n) is 11.1. The summed E-state index contributed by atoms with van der Waals surface area (Å²) >= 11 is 2.03. The summed E-state index contributed by atoms with van der Waals surface area (Å²) in [6, 6.07) is 0. The molecule has 1 fully saturated rings. The minimum Gasteiger partial charge on any atom is -0.320 e. The molecule has 2 aliphatic rings. The Bertz CT molecular complexity index is 378. The Balaban J connectivity index is 1.81. The highest BCUT2D eigenvalue weighted by molar-refractivity contribution is 8.03. The standard InChI is InChI=1S/C16H23NS/c17-11-5-9-14-8-4-10-16(12-14)18-13-15-6-2-1-3-7-15/h10,12,15H,1-4,6-8,11,13,17H2. The number of thioether (sulfide) groups is 1. The van der Waals surface area contributed by atoms with E-state index in [1.807, 2.05) is 11.8 Å². The summed E-state index contributed by atoms with van der Waals surface area (Å²) in [6.45, 7) is 0.464. The Morgan fingerprint density at radius 1 is 1.28 bits per heavy atom. The second-order valence-electron chi connectivity index (χ2n) is 5.14. The fourth-order valence-corrected chi connectivity index (χ4v) is 3.83. The molecular formula is C16H23NS. The summed E-state index contributed by atoms with van der Waals surface area (Å²) in [5.74, 6) is 8.37. The molecule has 0 heterocycles. The monoisotopic (exact) mass is 261 g/mol. The average Bonchev–Trinajstić information content (AvgIpc) is 2.44. The first-order valence-corrected chi connectivity index (χ1v) is 8.09. The number of rotatable bonds is 3. The molecule has 2 heteroatoms. The Hall–Kier alpha value is -0.650. The van der Waals surface area contributed by atoms with Gasteiger partial charge in [0.25, 0.3) is 0 Å². The van der Waals surface area contributed by atoms with Gasteiger partial charge in [0.05, 0.1) is 6.54 Å². The Kier molecular flexibility index (Phi) is 5.90. The number of nitrogens with two attached hydrogens (primary N) is 1. The predicted octanol–water partition coefficient (Wildman–Crippen LogP) is 3.87. The van der Waals surface area contributed by atoms with Crippen molar-refractivity contribution in [1.29, 1.82) is 0 Å². The number of allylic oxidation sites excluding steroid dienone is 3. The highest BCUT2D eigenvalue weighted by Gasteiger charge is 2.14. The van der Waals surface area contributed by atoms with Crippen molar-refractivity contribution >= 4 is 11.8 Å². The van der Waals surface area contributed by atoms with E-state index in [1.54, 1.807) is 0 Å². The van der Waals surface area contributed by atoms with Gasteiger partial charge in [-0.2, -0.15) is 0 Å². The van der Waals surface area contributed by atoms with Gasteiger partial charge in [0.15, 0.2) is 0 Å². The van der Waals surface area contributed by atoms with Crippen LogP contribution in [0.25, 0.3) is 0 Å². The molecule has 0 bridgehead atoms. The molecule has 0 aromatic carbocycles. The van der Waals surface area contributed by atoms with Crippen LogP contribution in [0.1, 0.15) is 44.9 Å². The molecule has 0 unspecified atom stereocenters. The van der Waals surface area contributed by atoms with Gasteiger partial charge in [-0.15, -0.1) is 11.8 Å². The van der Waals surface area contributed by atoms with Crippen LogP contribution in [-0.4, -0.2) is 12.3 Å². The third-order valence-electron chi connectivity index (χ3n) is 3.64. The van der Waals surface area contributed by atoms with Crippen molar-refractivity contribution in [2.45, 2.75) is 44.9 Å². The van der Waals surface area contributed by atoms with Crippen molar-refractivity contribution in [3.05, 3.63) is 22.6 Å². The summed E-state index contributed by atoms with van der Waals surface area (Å²) in [6.07, 6.45) is 14.0. The minimum atomic E-state index is 0.464. The summed E-state index contributed by atoms with van der Waals surface area (Å²) < 4.78 is 0. The van der Waals surface area contributed by atoms with Crippen LogP contribution >= 0.6 is 11.8 Å². The molecule has 98 valence electrons. The molecule has 2 aliphatic carbocycles. The van der Waals surface area contributed by atoms with E-state index in [1.165, 1.54) is 48.3 Å². The van der Waals surface area contributed by atoms with Gasteiger partial charge < -0.3 is 5.73 Å². The van der Waals surface area contributed by atoms with Gasteiger partial charge in [-0.3, -0.25) is 0 Å². The van der Waals surface area contributed by atoms with Crippen molar-refractivity contribution in [3.8, 4) is 11.8 Å². The maximum absolute atomic E-state index is 5.42. The van der Waals surface area contributed by atoms with Crippen molar-refractivity contribution in [2.24, 2.45) is 11.7 Å². The van der Waals surface area contributed by atoms with E-state index in [0.29, 0.717) is 6.54 Å². The molecule has 0 atom stereocenters. The lowest BCUT2D eigenvalue weighted by molar-refractivity contribution is 0.391. The number of hydrogen-bond acceptors (Lipinski definition) is 2. The molecule has 1 nitrogen and oxygen atoms in total. The van der Waals surface area contributed by atoms with Gasteiger partial charge in [-0.1, -0.05) is 37.2 Å². The molecule has 0 aromatic heterocycles. The zero-order valence-corrected chi connectivity index (χ0v) is 11.9. The van der Waals surface area contributed by atoms with Crippen LogP contribution in [-0.2, 0) is 0 Å². The van der Waals surface area contributed by atoms with Crippen LogP contribution in [0, 0.1) is 17.8 Å². The second kappa shape index (κ2) is 7.71. The van der Waals surface area contributed by atoms with Gasteiger partial charge in [0.1, 0.15) is 0 Å². The van der Waals surface area contributed by atoms with E-state index in [0.717, 1.165) is 18.8 Å². The van der Waals surface area contributed by atoms with Gasteiger partial charge >= 0.3 is 0 Å². The summed E-state index contributed by atoms with van der Waals surface area (Å²) in [7, 11) is 0. The topological polar surface area (TPSA) is 26.0 Å². The summed E-state index contributed by atoms with van der Waals surface area (Å²) in [4.78, 5) is 1.42. The third-order valence-corrected chi connectivity index (χ3v) is 4.89. The molecule has 2 N–H and O–H groups in total. The van der Waals surface area contributed by atoms with Crippen LogP contribution < -0.4 is 5.73 Å². The number of hydrogen-bond donors (Lipinski definition) is 1. The molecule has 0 amide bonds. The van der Waals surface area contributed by atoms with Crippen LogP contribution in [0.2, 0.25) is 0 Å². The van der Waals surface area contributed by atoms with Crippen LogP contribution in [0.5, 0.6) is 0 Å². The van der Waals surface area contributed by atoms with E-state index in [-0.39, 0.29) is 0 Å². The minimum absolute atomic E-state index is 0.464. The molecule has 0 aliphatic heterocycles. The summed E-state index contributed by atoms with van der Waals surface area (Å²) in [5, 5.41) is 0. The van der Waals surface area contributed by atoms with Crippen LogP contribution in [0.15, 0.2) is 22.6 Å². The molecule has 18 heavy (non-hydrogen) atoms. The predicted molar refractivity (Wildman–Crippen MR) is 81.3 cm³/mol. The van der Waals surface area contributed by atoms with E-state index in [9.17, 15) is 0 Å². The van der Waals surface area contributed by atoms with Gasteiger partial charge in [0.2, 0.25) is 0 Å². The summed E-state index contributed by atoms with van der Waals surface area (Å²) in [5.41, 5.74) is 6.67. The molecular weight excluding hydrogens is 238 g/mol. The lowest BCUT2D eigenvalue weighted by Gasteiger charge is -2.21. The lowest BCUT2D eigenvalue weighted by Crippen LogP contribution is -2.08. The van der Waals surface area contributed by atoms with E-state index < -0.39 is 0 Å². The van der Waals surface area contributed by atoms with Gasteiger partial charge in [-0.05, 0) is 37.7 Å². The molecule has 0 radical (unpaired) electrons. The highest BCUT2D eigenvalue weighted by Crippen LogP contribution is 2.32. The van der Waals surface area contributed by atoms with Crippen molar-refractivity contribution in [3.63, 3.8) is 0 Å². The normalized spacial score (nSPS) is 20.7. The van der Waals surface area contributed by atoms with Crippen LogP contribution in [0.3, 0.4) is 0 Å². The van der Waals surface area contributed by atoms with Crippen LogP contribution in [0.4, 0.5) is 0 Å². The zero-order chi connectivity index (χ0) is 12.6. The van der Waals surface area contributed by atoms with Crippen molar-refractivity contribution < 1.29 is 0 Å². The molecule has 0 saturated heterocycles. The first-order chi connectivity index (χ1) is 8.88. The van der Waals surface area contributed by atoms with Crippen molar-refractivity contribution in [1.82, 2.24) is 0 Å². The van der Waals surface area contributed by atoms with E-state index in [4.69, 9.17) is 5.73 Å².